The van der Waals surface area contributed by atoms with Crippen molar-refractivity contribution in [3.63, 3.8) is 0 Å². The number of benzene rings is 1. The number of aromatic carboxylic acids is 1. The quantitative estimate of drug-likeness (QED) is 0.594. The predicted octanol–water partition coefficient (Wildman–Crippen LogP) is 0.125. The van der Waals surface area contributed by atoms with Crippen molar-refractivity contribution in [3.8, 4) is 0 Å². The third-order valence-corrected chi connectivity index (χ3v) is 2.07. The van der Waals surface area contributed by atoms with Crippen LogP contribution in [0.2, 0.25) is 0 Å². The smallest absolute Gasteiger partial charge is 0.762 e. The fourth-order valence-corrected chi connectivity index (χ4v) is 1.35. The Morgan fingerprint density at radius 3 is 2.26 bits per heavy atom. The molecule has 1 heterocycles. The molecule has 0 fully saturated rings. The van der Waals surface area contributed by atoms with E-state index in [9.17, 15) is 17.7 Å². The van der Waals surface area contributed by atoms with Crippen molar-refractivity contribution in [3.05, 3.63) is 41.6 Å². The van der Waals surface area contributed by atoms with Gasteiger partial charge in [-0.3, -0.25) is 12.9 Å². The summed E-state index contributed by atoms with van der Waals surface area (Å²) < 4.78 is 29.0. The maximum Gasteiger partial charge on any atom is 0.762 e. The zero-order chi connectivity index (χ0) is 13.7. The molecule has 0 amide bonds. The summed E-state index contributed by atoms with van der Waals surface area (Å²) in [5.41, 5.74) is 1.89. The Morgan fingerprint density at radius 2 is 1.74 bits per heavy atom. The van der Waals surface area contributed by atoms with Crippen LogP contribution in [0.5, 0.6) is 0 Å². The summed E-state index contributed by atoms with van der Waals surface area (Å²) in [6.07, 6.45) is 0. The molecule has 1 N–H and O–H groups in total. The van der Waals surface area contributed by atoms with Crippen molar-refractivity contribution in [2.75, 3.05) is 0 Å². The number of pyridine rings is 1. The van der Waals surface area contributed by atoms with Gasteiger partial charge in [0.2, 0.25) is 0 Å². The number of rotatable bonds is 1. The minimum atomic E-state index is -3.67. The van der Waals surface area contributed by atoms with E-state index in [0.717, 1.165) is 16.5 Å². The maximum atomic E-state index is 10.7. The Hall–Kier alpha value is -2.12. The summed E-state index contributed by atoms with van der Waals surface area (Å²) in [5, 5.41) is 9.71. The van der Waals surface area contributed by atoms with Gasteiger partial charge in [-0.05, 0) is 24.6 Å². The van der Waals surface area contributed by atoms with Crippen LogP contribution in [0.25, 0.3) is 10.9 Å². The zero-order valence-corrected chi connectivity index (χ0v) is 9.78. The van der Waals surface area contributed by atoms with Gasteiger partial charge < -0.3 is 9.81 Å². The number of nitrogens with zero attached hydrogens (tertiary/aromatic N) is 1. The normalized spacial score (nSPS) is 9.05. The number of carbonyl (C=O) groups is 1. The van der Waals surface area contributed by atoms with Crippen molar-refractivity contribution in [2.45, 2.75) is 6.92 Å². The van der Waals surface area contributed by atoms with Gasteiger partial charge in [0.15, 0.2) is 0 Å². The molecule has 0 aliphatic heterocycles. The van der Waals surface area contributed by atoms with E-state index in [1.54, 1.807) is 6.07 Å². The molecular formula is C11H9BF4NO2-. The van der Waals surface area contributed by atoms with E-state index < -0.39 is 13.5 Å². The number of fused-ring (bicyclic) bond motifs is 1. The van der Waals surface area contributed by atoms with E-state index in [4.69, 9.17) is 5.11 Å². The molecule has 0 radical (unpaired) electrons. The fraction of sp³-hybridized carbons (Fsp3) is 0.0909. The van der Waals surface area contributed by atoms with Crippen LogP contribution in [0.3, 0.4) is 0 Å². The molecule has 0 aliphatic rings. The standard InChI is InChI=1S/C11H9NO2.BF3.FH/c1-7-2-3-8-4-5-9(11(13)14)12-10(8)6-7;2-1(3)4;/h2-6H,1H3,(H,13,14);;1H/p-1. The van der Waals surface area contributed by atoms with Crippen LogP contribution in [-0.2, 0) is 0 Å². The van der Waals surface area contributed by atoms with Crippen LogP contribution < -0.4 is 4.70 Å². The van der Waals surface area contributed by atoms with Gasteiger partial charge in [0.1, 0.15) is 5.69 Å². The predicted molar refractivity (Wildman–Crippen MR) is 62.5 cm³/mol. The lowest BCUT2D eigenvalue weighted by molar-refractivity contribution is -0.0000219. The van der Waals surface area contributed by atoms with Gasteiger partial charge in [-0.25, -0.2) is 9.78 Å². The number of hydrogen-bond donors (Lipinski definition) is 1. The summed E-state index contributed by atoms with van der Waals surface area (Å²) in [7, 11) is -3.67. The largest absolute Gasteiger partial charge is 1.00 e. The molecule has 19 heavy (non-hydrogen) atoms. The monoisotopic (exact) mass is 274 g/mol. The van der Waals surface area contributed by atoms with Crippen molar-refractivity contribution in [1.29, 1.82) is 0 Å². The number of hydrogen-bond acceptors (Lipinski definition) is 2. The van der Waals surface area contributed by atoms with Crippen LogP contribution >= 0.6 is 0 Å². The Kier molecular flexibility index (Phi) is 6.53. The lowest BCUT2D eigenvalue weighted by Crippen LogP contribution is -3.00. The van der Waals surface area contributed by atoms with E-state index in [2.05, 4.69) is 4.98 Å². The van der Waals surface area contributed by atoms with Gasteiger partial charge in [-0.1, -0.05) is 18.2 Å². The Labute approximate surface area is 106 Å². The van der Waals surface area contributed by atoms with E-state index >= 15 is 0 Å². The molecule has 8 heteroatoms. The highest BCUT2D eigenvalue weighted by Crippen LogP contribution is 2.14. The number of aromatic nitrogens is 1. The minimum Gasteiger partial charge on any atom is -1.00 e. The lowest BCUT2D eigenvalue weighted by atomic mass is 10.1. The Bertz CT molecular complexity index is 563. The maximum absolute atomic E-state index is 10.7. The highest BCUT2D eigenvalue weighted by Gasteiger charge is 2.06. The second-order valence-electron chi connectivity index (χ2n) is 3.45. The van der Waals surface area contributed by atoms with Crippen molar-refractivity contribution >= 4 is 24.4 Å². The first-order valence-electron chi connectivity index (χ1n) is 4.93. The average Bonchev–Trinajstić information content (AvgIpc) is 2.27. The van der Waals surface area contributed by atoms with Gasteiger partial charge >= 0.3 is 13.5 Å². The van der Waals surface area contributed by atoms with Gasteiger partial charge in [0.25, 0.3) is 0 Å². The van der Waals surface area contributed by atoms with Gasteiger partial charge in [0.05, 0.1) is 5.52 Å². The topological polar surface area (TPSA) is 50.2 Å². The number of halogens is 4. The summed E-state index contributed by atoms with van der Waals surface area (Å²) in [5.74, 6) is -0.992. The third-order valence-electron chi connectivity index (χ3n) is 2.07. The summed E-state index contributed by atoms with van der Waals surface area (Å²) in [4.78, 5) is 14.7. The first kappa shape index (κ1) is 16.9. The van der Waals surface area contributed by atoms with E-state index in [0.29, 0.717) is 0 Å². The fourth-order valence-electron chi connectivity index (χ4n) is 1.35. The van der Waals surface area contributed by atoms with Crippen molar-refractivity contribution < 1.29 is 27.6 Å². The van der Waals surface area contributed by atoms with Gasteiger partial charge in [-0.15, -0.1) is 0 Å². The molecule has 102 valence electrons. The summed E-state index contributed by atoms with van der Waals surface area (Å²) >= 11 is 0. The van der Waals surface area contributed by atoms with Gasteiger partial charge in [-0.2, -0.15) is 0 Å². The minimum absolute atomic E-state index is 0. The van der Waals surface area contributed by atoms with E-state index in [1.165, 1.54) is 6.07 Å². The Morgan fingerprint density at radius 1 is 1.21 bits per heavy atom. The second kappa shape index (κ2) is 7.35. The number of aryl methyl sites for hydroxylation is 1. The van der Waals surface area contributed by atoms with Crippen molar-refractivity contribution in [2.24, 2.45) is 0 Å². The molecule has 0 saturated carbocycles. The van der Waals surface area contributed by atoms with Gasteiger partial charge in [0, 0.05) is 5.39 Å². The van der Waals surface area contributed by atoms with Crippen LogP contribution in [-0.4, -0.2) is 23.6 Å². The van der Waals surface area contributed by atoms with Crippen LogP contribution in [0, 0.1) is 6.92 Å². The summed E-state index contributed by atoms with van der Waals surface area (Å²) in [6.45, 7) is 1.95. The number of carboxylic acid groups (broad SMARTS) is 1. The molecule has 0 saturated heterocycles. The molecule has 3 nitrogen and oxygen atoms in total. The Balaban J connectivity index is 0.000000576. The first-order valence-corrected chi connectivity index (χ1v) is 4.93. The molecule has 1 aromatic heterocycles. The molecule has 1 aromatic carbocycles. The SMILES string of the molecule is Cc1ccc2ccc(C(=O)O)nc2c1.FB(F)F.[F-]. The molecule has 0 unspecified atom stereocenters. The first-order chi connectivity index (χ1) is 8.40. The molecule has 0 spiro atoms. The molecule has 2 aromatic rings. The zero-order valence-electron chi connectivity index (χ0n) is 9.78. The summed E-state index contributed by atoms with van der Waals surface area (Å²) in [6, 6.07) is 9.07. The average molecular weight is 274 g/mol. The third kappa shape index (κ3) is 5.37. The van der Waals surface area contributed by atoms with E-state index in [-0.39, 0.29) is 10.4 Å². The lowest BCUT2D eigenvalue weighted by Gasteiger charge is -1.99. The highest BCUT2D eigenvalue weighted by molar-refractivity contribution is 6.33. The molecule has 2 rings (SSSR count). The molecule has 0 aliphatic carbocycles. The second-order valence-corrected chi connectivity index (χ2v) is 3.45. The van der Waals surface area contributed by atoms with Crippen LogP contribution in [0.1, 0.15) is 16.1 Å². The molecular weight excluding hydrogens is 265 g/mol. The molecule has 0 bridgehead atoms. The number of carboxylic acids is 1. The van der Waals surface area contributed by atoms with Crippen LogP contribution in [0.4, 0.5) is 12.9 Å². The molecule has 0 atom stereocenters. The van der Waals surface area contributed by atoms with Crippen molar-refractivity contribution in [1.82, 2.24) is 4.98 Å². The highest BCUT2D eigenvalue weighted by atomic mass is 19.4. The van der Waals surface area contributed by atoms with E-state index in [1.807, 2.05) is 25.1 Å². The van der Waals surface area contributed by atoms with Crippen LogP contribution in [0.15, 0.2) is 30.3 Å².